The molecule has 34 heavy (non-hydrogen) atoms. The van der Waals surface area contributed by atoms with Crippen molar-refractivity contribution in [3.05, 3.63) is 96.1 Å². The number of carbonyl (C=O) groups is 3. The molecule has 0 saturated heterocycles. The zero-order valence-electron chi connectivity index (χ0n) is 19.0. The second kappa shape index (κ2) is 12.4. The van der Waals surface area contributed by atoms with Gasteiger partial charge in [0, 0.05) is 22.3 Å². The summed E-state index contributed by atoms with van der Waals surface area (Å²) in [6.45, 7) is 3.86. The van der Waals surface area contributed by atoms with E-state index in [0.717, 1.165) is 10.5 Å². The summed E-state index contributed by atoms with van der Waals surface area (Å²) >= 11 is 1.38. The zero-order valence-corrected chi connectivity index (χ0v) is 19.8. The van der Waals surface area contributed by atoms with E-state index in [9.17, 15) is 14.4 Å². The Bertz CT molecular complexity index is 1160. The fraction of sp³-hybridized carbons (Fsp3) is 0.148. The molecular weight excluding hydrogens is 448 g/mol. The highest BCUT2D eigenvalue weighted by Gasteiger charge is 2.15. The molecule has 3 rings (SSSR count). The lowest BCUT2D eigenvalue weighted by Crippen LogP contribution is -2.22. The molecule has 0 aliphatic carbocycles. The van der Waals surface area contributed by atoms with Crippen LogP contribution >= 0.6 is 11.8 Å². The molecule has 0 aliphatic rings. The molecule has 1 atom stereocenters. The highest BCUT2D eigenvalue weighted by atomic mass is 32.2. The van der Waals surface area contributed by atoms with Gasteiger partial charge in [-0.2, -0.15) is 0 Å². The van der Waals surface area contributed by atoms with Crippen LogP contribution in [-0.2, 0) is 14.3 Å². The molecule has 2 amide bonds. The van der Waals surface area contributed by atoms with Crippen LogP contribution in [0.1, 0.15) is 29.8 Å². The van der Waals surface area contributed by atoms with Crippen molar-refractivity contribution < 1.29 is 19.1 Å². The molecule has 0 aliphatic heterocycles. The van der Waals surface area contributed by atoms with Gasteiger partial charge in [0.2, 0.25) is 11.8 Å². The summed E-state index contributed by atoms with van der Waals surface area (Å²) in [5.74, 6) is -0.802. The molecule has 3 aromatic rings. The Balaban J connectivity index is 1.54. The van der Waals surface area contributed by atoms with Crippen molar-refractivity contribution in [2.75, 3.05) is 17.2 Å². The van der Waals surface area contributed by atoms with Gasteiger partial charge in [-0.1, -0.05) is 36.4 Å². The Hall–Kier alpha value is -3.84. The molecular formula is C27H26N2O4S. The van der Waals surface area contributed by atoms with Crippen LogP contribution in [0.3, 0.4) is 0 Å². The van der Waals surface area contributed by atoms with E-state index in [1.807, 2.05) is 48.5 Å². The smallest absolute Gasteiger partial charge is 0.338 e. The summed E-state index contributed by atoms with van der Waals surface area (Å²) < 4.78 is 4.96. The van der Waals surface area contributed by atoms with Gasteiger partial charge >= 0.3 is 5.97 Å². The number of ether oxygens (including phenoxy) is 1. The Morgan fingerprint density at radius 2 is 1.65 bits per heavy atom. The Morgan fingerprint density at radius 3 is 2.35 bits per heavy atom. The van der Waals surface area contributed by atoms with Crippen LogP contribution < -0.4 is 10.6 Å². The highest BCUT2D eigenvalue weighted by molar-refractivity contribution is 8.00. The van der Waals surface area contributed by atoms with E-state index in [4.69, 9.17) is 4.74 Å². The molecule has 3 aromatic carbocycles. The Morgan fingerprint density at radius 1 is 0.912 bits per heavy atom. The van der Waals surface area contributed by atoms with E-state index < -0.39 is 5.97 Å². The Kier molecular flexibility index (Phi) is 9.05. The van der Waals surface area contributed by atoms with Crippen LogP contribution in [-0.4, -0.2) is 29.6 Å². The first-order chi connectivity index (χ1) is 16.4. The minimum absolute atomic E-state index is 0.172. The molecule has 0 heterocycles. The molecule has 0 fully saturated rings. The molecule has 2 N–H and O–H groups in total. The second-order valence-corrected chi connectivity index (χ2v) is 8.72. The minimum atomic E-state index is -0.396. The molecule has 0 aromatic heterocycles. The van der Waals surface area contributed by atoms with E-state index in [1.165, 1.54) is 17.8 Å². The van der Waals surface area contributed by atoms with E-state index in [2.05, 4.69) is 10.6 Å². The predicted octanol–water partition coefficient (Wildman–Crippen LogP) is 5.63. The standard InChI is InChI=1S/C27H26N2O4S/c1-3-33-27(32)21-13-15-22(16-14-21)29-26(31)19(2)34-24-11-7-10-23(18-24)28-25(30)17-12-20-8-5-4-6-9-20/h4-19H,3H2,1-2H3,(H,28,30)(H,29,31)/b17-12+. The van der Waals surface area contributed by atoms with Gasteiger partial charge in [-0.25, -0.2) is 4.79 Å². The van der Waals surface area contributed by atoms with E-state index in [1.54, 1.807) is 50.3 Å². The van der Waals surface area contributed by atoms with E-state index in [0.29, 0.717) is 23.5 Å². The lowest BCUT2D eigenvalue weighted by Gasteiger charge is -2.13. The SMILES string of the molecule is CCOC(=O)c1ccc(NC(=O)C(C)Sc2cccc(NC(=O)/C=C/c3ccccc3)c2)cc1. The molecule has 0 saturated carbocycles. The van der Waals surface area contributed by atoms with Crippen molar-refractivity contribution in [1.29, 1.82) is 0 Å². The number of benzene rings is 3. The lowest BCUT2D eigenvalue weighted by molar-refractivity contribution is -0.115. The first-order valence-corrected chi connectivity index (χ1v) is 11.7. The summed E-state index contributed by atoms with van der Waals surface area (Å²) in [5, 5.41) is 5.31. The summed E-state index contributed by atoms with van der Waals surface area (Å²) in [6.07, 6.45) is 3.23. The van der Waals surface area contributed by atoms with Crippen molar-refractivity contribution in [3.8, 4) is 0 Å². The monoisotopic (exact) mass is 474 g/mol. The number of nitrogens with one attached hydrogen (secondary N) is 2. The maximum absolute atomic E-state index is 12.6. The van der Waals surface area contributed by atoms with Crippen LogP contribution in [0, 0.1) is 0 Å². The number of rotatable bonds is 9. The van der Waals surface area contributed by atoms with Crippen molar-refractivity contribution in [1.82, 2.24) is 0 Å². The number of carbonyl (C=O) groups excluding carboxylic acids is 3. The average molecular weight is 475 g/mol. The third-order valence-corrected chi connectivity index (χ3v) is 5.77. The maximum Gasteiger partial charge on any atom is 0.338 e. The number of esters is 1. The maximum atomic E-state index is 12.6. The van der Waals surface area contributed by atoms with Crippen LogP contribution in [0.25, 0.3) is 6.08 Å². The molecule has 7 heteroatoms. The second-order valence-electron chi connectivity index (χ2n) is 7.31. The number of thioether (sulfide) groups is 1. The summed E-state index contributed by atoms with van der Waals surface area (Å²) in [4.78, 5) is 37.4. The van der Waals surface area contributed by atoms with Crippen LogP contribution in [0.15, 0.2) is 89.8 Å². The fourth-order valence-electron chi connectivity index (χ4n) is 2.97. The first kappa shape index (κ1) is 24.8. The largest absolute Gasteiger partial charge is 0.462 e. The number of hydrogen-bond donors (Lipinski definition) is 2. The average Bonchev–Trinajstić information content (AvgIpc) is 2.84. The van der Waals surface area contributed by atoms with Gasteiger partial charge in [-0.3, -0.25) is 9.59 Å². The van der Waals surface area contributed by atoms with E-state index in [-0.39, 0.29) is 17.1 Å². The van der Waals surface area contributed by atoms with Gasteiger partial charge < -0.3 is 15.4 Å². The van der Waals surface area contributed by atoms with Gasteiger partial charge in [0.05, 0.1) is 17.4 Å². The van der Waals surface area contributed by atoms with Gasteiger partial charge in [0.15, 0.2) is 0 Å². The molecule has 0 spiro atoms. The first-order valence-electron chi connectivity index (χ1n) is 10.8. The van der Waals surface area contributed by atoms with Crippen LogP contribution in [0.5, 0.6) is 0 Å². The highest BCUT2D eigenvalue weighted by Crippen LogP contribution is 2.27. The lowest BCUT2D eigenvalue weighted by atomic mass is 10.2. The normalized spacial score (nSPS) is 11.6. The van der Waals surface area contributed by atoms with E-state index >= 15 is 0 Å². The molecule has 1 unspecified atom stereocenters. The van der Waals surface area contributed by atoms with Gasteiger partial charge in [0.1, 0.15) is 0 Å². The van der Waals surface area contributed by atoms with Crippen LogP contribution in [0.2, 0.25) is 0 Å². The third-order valence-electron chi connectivity index (χ3n) is 4.67. The third kappa shape index (κ3) is 7.64. The Labute approximate surface area is 203 Å². The van der Waals surface area contributed by atoms with Crippen molar-refractivity contribution in [2.24, 2.45) is 0 Å². The van der Waals surface area contributed by atoms with Crippen LogP contribution in [0.4, 0.5) is 11.4 Å². The summed E-state index contributed by atoms with van der Waals surface area (Å²) in [6, 6.07) is 23.5. The number of anilines is 2. The van der Waals surface area contributed by atoms with Crippen molar-refractivity contribution in [2.45, 2.75) is 24.0 Å². The van der Waals surface area contributed by atoms with Gasteiger partial charge in [0.25, 0.3) is 0 Å². The van der Waals surface area contributed by atoms with Gasteiger partial charge in [-0.15, -0.1) is 11.8 Å². The summed E-state index contributed by atoms with van der Waals surface area (Å²) in [5.41, 5.74) is 2.61. The predicted molar refractivity (Wildman–Crippen MR) is 137 cm³/mol. The van der Waals surface area contributed by atoms with Crippen molar-refractivity contribution >= 4 is 47.0 Å². The van der Waals surface area contributed by atoms with Crippen molar-refractivity contribution in [3.63, 3.8) is 0 Å². The number of hydrogen-bond acceptors (Lipinski definition) is 5. The molecule has 0 bridgehead atoms. The molecule has 0 radical (unpaired) electrons. The minimum Gasteiger partial charge on any atom is -0.462 e. The number of amides is 2. The molecule has 174 valence electrons. The zero-order chi connectivity index (χ0) is 24.3. The van der Waals surface area contributed by atoms with Gasteiger partial charge in [-0.05, 0) is 68.0 Å². The molecule has 6 nitrogen and oxygen atoms in total. The topological polar surface area (TPSA) is 84.5 Å². The quantitative estimate of drug-likeness (QED) is 0.238. The summed E-state index contributed by atoms with van der Waals surface area (Å²) in [7, 11) is 0. The fourth-order valence-corrected chi connectivity index (χ4v) is 3.90.